The van der Waals surface area contributed by atoms with Gasteiger partial charge in [0.05, 0.1) is 6.54 Å². The quantitative estimate of drug-likeness (QED) is 0.555. The highest BCUT2D eigenvalue weighted by Crippen LogP contribution is 2.28. The largest absolute Gasteiger partial charge is 0.308 e. The van der Waals surface area contributed by atoms with Crippen LogP contribution in [0.5, 0.6) is 0 Å². The summed E-state index contributed by atoms with van der Waals surface area (Å²) in [6.45, 7) is 0.805. The monoisotopic (exact) mass is 452 g/mol. The van der Waals surface area contributed by atoms with Crippen molar-refractivity contribution in [3.8, 4) is 0 Å². The molecular formula is C25H25FN2O3S. The van der Waals surface area contributed by atoms with Gasteiger partial charge >= 0.3 is 0 Å². The van der Waals surface area contributed by atoms with Crippen molar-refractivity contribution in [1.82, 2.24) is 4.31 Å². The van der Waals surface area contributed by atoms with Crippen molar-refractivity contribution in [1.29, 1.82) is 0 Å². The summed E-state index contributed by atoms with van der Waals surface area (Å²) in [6.07, 6.45) is 0.787. The van der Waals surface area contributed by atoms with Crippen molar-refractivity contribution in [2.24, 2.45) is 5.92 Å². The van der Waals surface area contributed by atoms with Crippen LogP contribution in [0.15, 0.2) is 89.8 Å². The van der Waals surface area contributed by atoms with Gasteiger partial charge in [-0.25, -0.2) is 12.8 Å². The zero-order chi connectivity index (χ0) is 22.6. The fourth-order valence-electron chi connectivity index (χ4n) is 4.03. The molecule has 1 aliphatic rings. The van der Waals surface area contributed by atoms with Gasteiger partial charge in [-0.2, -0.15) is 4.31 Å². The van der Waals surface area contributed by atoms with E-state index in [2.05, 4.69) is 0 Å². The number of benzene rings is 3. The van der Waals surface area contributed by atoms with E-state index in [-0.39, 0.29) is 29.8 Å². The van der Waals surface area contributed by atoms with Crippen molar-refractivity contribution in [3.05, 3.63) is 96.3 Å². The average Bonchev–Trinajstić information content (AvgIpc) is 2.83. The molecule has 3 aromatic rings. The lowest BCUT2D eigenvalue weighted by Crippen LogP contribution is -2.44. The van der Waals surface area contributed by atoms with Gasteiger partial charge < -0.3 is 4.90 Å². The number of piperidine rings is 1. The van der Waals surface area contributed by atoms with Crippen molar-refractivity contribution >= 4 is 21.6 Å². The van der Waals surface area contributed by atoms with E-state index in [9.17, 15) is 17.6 Å². The van der Waals surface area contributed by atoms with Crippen LogP contribution in [0.25, 0.3) is 0 Å². The molecule has 1 heterocycles. The van der Waals surface area contributed by atoms with Crippen LogP contribution >= 0.6 is 0 Å². The molecule has 32 heavy (non-hydrogen) atoms. The van der Waals surface area contributed by atoms with E-state index in [0.29, 0.717) is 19.4 Å². The Hall–Kier alpha value is -3.03. The topological polar surface area (TPSA) is 57.7 Å². The second-order valence-electron chi connectivity index (χ2n) is 7.85. The predicted molar refractivity (Wildman–Crippen MR) is 122 cm³/mol. The zero-order valence-corrected chi connectivity index (χ0v) is 18.4. The third-order valence-corrected chi connectivity index (χ3v) is 7.71. The highest BCUT2D eigenvalue weighted by Gasteiger charge is 2.35. The number of carbonyl (C=O) groups is 1. The highest BCUT2D eigenvalue weighted by atomic mass is 32.2. The first-order valence-electron chi connectivity index (χ1n) is 10.6. The van der Waals surface area contributed by atoms with Gasteiger partial charge in [0.2, 0.25) is 15.9 Å². The van der Waals surface area contributed by atoms with Gasteiger partial charge in [-0.3, -0.25) is 4.79 Å². The highest BCUT2D eigenvalue weighted by molar-refractivity contribution is 7.89. The minimum Gasteiger partial charge on any atom is -0.308 e. The van der Waals surface area contributed by atoms with E-state index in [1.54, 1.807) is 4.90 Å². The van der Waals surface area contributed by atoms with Gasteiger partial charge in [0.1, 0.15) is 10.7 Å². The summed E-state index contributed by atoms with van der Waals surface area (Å²) in [5.74, 6) is -1.09. The van der Waals surface area contributed by atoms with E-state index >= 15 is 0 Å². The summed E-state index contributed by atoms with van der Waals surface area (Å²) >= 11 is 0. The number of amides is 1. The van der Waals surface area contributed by atoms with Crippen molar-refractivity contribution in [2.75, 3.05) is 18.0 Å². The minimum atomic E-state index is -3.93. The molecule has 0 aromatic heterocycles. The maximum atomic E-state index is 14.1. The van der Waals surface area contributed by atoms with E-state index in [0.717, 1.165) is 17.3 Å². The molecule has 0 aliphatic carbocycles. The molecule has 3 aromatic carbocycles. The van der Waals surface area contributed by atoms with E-state index < -0.39 is 15.8 Å². The van der Waals surface area contributed by atoms with Gasteiger partial charge in [0.15, 0.2) is 0 Å². The Morgan fingerprint density at radius 2 is 1.44 bits per heavy atom. The summed E-state index contributed by atoms with van der Waals surface area (Å²) in [7, 11) is -3.93. The Labute approximate surface area is 188 Å². The molecule has 166 valence electrons. The molecule has 0 bridgehead atoms. The number of hydrogen-bond acceptors (Lipinski definition) is 3. The van der Waals surface area contributed by atoms with E-state index in [4.69, 9.17) is 0 Å². The molecular weight excluding hydrogens is 427 g/mol. The van der Waals surface area contributed by atoms with Gasteiger partial charge in [0.25, 0.3) is 0 Å². The lowest BCUT2D eigenvalue weighted by molar-refractivity contribution is -0.123. The number of rotatable bonds is 6. The standard InChI is InChI=1S/C25H25FN2O3S/c26-23-13-7-8-14-24(23)32(30,31)27-17-15-21(16-18-27)25(29)28(22-11-5-2-6-12-22)19-20-9-3-1-4-10-20/h1-14,21H,15-19H2. The van der Waals surface area contributed by atoms with Crippen LogP contribution in [0.2, 0.25) is 0 Å². The fraction of sp³-hybridized carbons (Fsp3) is 0.240. The first-order chi connectivity index (χ1) is 15.5. The zero-order valence-electron chi connectivity index (χ0n) is 17.6. The summed E-state index contributed by atoms with van der Waals surface area (Å²) < 4.78 is 41.1. The Balaban J connectivity index is 1.50. The third kappa shape index (κ3) is 4.74. The maximum Gasteiger partial charge on any atom is 0.245 e. The second kappa shape index (κ2) is 9.63. The second-order valence-corrected chi connectivity index (χ2v) is 9.76. The van der Waals surface area contributed by atoms with Gasteiger partial charge in [-0.05, 0) is 42.7 Å². The number of hydrogen-bond donors (Lipinski definition) is 0. The van der Waals surface area contributed by atoms with Crippen LogP contribution in [0.4, 0.5) is 10.1 Å². The lowest BCUT2D eigenvalue weighted by atomic mass is 9.96. The molecule has 7 heteroatoms. The molecule has 1 amide bonds. The number of nitrogens with zero attached hydrogens (tertiary/aromatic N) is 2. The molecule has 0 spiro atoms. The van der Waals surface area contributed by atoms with E-state index in [1.807, 2.05) is 60.7 Å². The van der Waals surface area contributed by atoms with Crippen LogP contribution in [0.1, 0.15) is 18.4 Å². The normalized spacial score (nSPS) is 15.4. The molecule has 1 saturated heterocycles. The van der Waals surface area contributed by atoms with Crippen LogP contribution in [-0.2, 0) is 21.4 Å². The molecule has 5 nitrogen and oxygen atoms in total. The number of para-hydroxylation sites is 1. The summed E-state index contributed by atoms with van der Waals surface area (Å²) in [5, 5.41) is 0. The summed E-state index contributed by atoms with van der Waals surface area (Å²) in [5.41, 5.74) is 1.83. The van der Waals surface area contributed by atoms with Crippen LogP contribution in [-0.4, -0.2) is 31.7 Å². The average molecular weight is 453 g/mol. The molecule has 0 N–H and O–H groups in total. The van der Waals surface area contributed by atoms with Gasteiger partial charge in [0, 0.05) is 24.7 Å². The van der Waals surface area contributed by atoms with Crippen molar-refractivity contribution in [3.63, 3.8) is 0 Å². The molecule has 4 rings (SSSR count). The van der Waals surface area contributed by atoms with E-state index in [1.165, 1.54) is 22.5 Å². The first kappa shape index (κ1) is 22.2. The Bertz CT molecular complexity index is 1160. The van der Waals surface area contributed by atoms with Crippen molar-refractivity contribution in [2.45, 2.75) is 24.3 Å². The molecule has 0 radical (unpaired) electrons. The molecule has 0 saturated carbocycles. The SMILES string of the molecule is O=C(C1CCN(S(=O)(=O)c2ccccc2F)CC1)N(Cc1ccccc1)c1ccccc1. The predicted octanol–water partition coefficient (Wildman–Crippen LogP) is 4.46. The maximum absolute atomic E-state index is 14.1. The first-order valence-corrected chi connectivity index (χ1v) is 12.1. The van der Waals surface area contributed by atoms with Gasteiger partial charge in [-0.1, -0.05) is 60.7 Å². The van der Waals surface area contributed by atoms with Gasteiger partial charge in [-0.15, -0.1) is 0 Å². The number of halogens is 1. The number of carbonyl (C=O) groups excluding carboxylic acids is 1. The van der Waals surface area contributed by atoms with Crippen LogP contribution in [0, 0.1) is 11.7 Å². The smallest absolute Gasteiger partial charge is 0.245 e. The summed E-state index contributed by atoms with van der Waals surface area (Å²) in [4.78, 5) is 14.9. The molecule has 1 aliphatic heterocycles. The lowest BCUT2D eigenvalue weighted by Gasteiger charge is -2.34. The number of sulfonamides is 1. The minimum absolute atomic E-state index is 0.0250. The van der Waals surface area contributed by atoms with Crippen LogP contribution < -0.4 is 4.90 Å². The fourth-order valence-corrected chi connectivity index (χ4v) is 5.56. The molecule has 1 fully saturated rings. The molecule has 0 unspecified atom stereocenters. The van der Waals surface area contributed by atoms with Crippen molar-refractivity contribution < 1.29 is 17.6 Å². The van der Waals surface area contributed by atoms with Crippen LogP contribution in [0.3, 0.4) is 0 Å². The Kier molecular flexibility index (Phi) is 6.67. The summed E-state index contributed by atoms with van der Waals surface area (Å²) in [6, 6.07) is 24.7. The Morgan fingerprint density at radius 1 is 0.875 bits per heavy atom. The third-order valence-electron chi connectivity index (χ3n) is 5.78. The number of anilines is 1. The Morgan fingerprint density at radius 3 is 2.06 bits per heavy atom. The molecule has 0 atom stereocenters.